The SMILES string of the molecule is [2H]C(C)(C)c1ccnc(-c2[c-]cc3c(c2)c(-c2ccccc2)cc2ccccc23)c1.[Ir]. The van der Waals surface area contributed by atoms with Crippen LogP contribution in [0.1, 0.15) is 26.7 Å². The van der Waals surface area contributed by atoms with Crippen LogP contribution < -0.4 is 0 Å². The van der Waals surface area contributed by atoms with Gasteiger partial charge in [0, 0.05) is 27.7 Å². The maximum atomic E-state index is 8.36. The molecule has 4 aromatic carbocycles. The molecule has 0 aliphatic carbocycles. The summed E-state index contributed by atoms with van der Waals surface area (Å²) in [5, 5.41) is 4.82. The zero-order chi connectivity index (χ0) is 20.7. The van der Waals surface area contributed by atoms with Crippen LogP contribution in [0.3, 0.4) is 0 Å². The van der Waals surface area contributed by atoms with Crippen molar-refractivity contribution in [2.24, 2.45) is 0 Å². The molecule has 0 N–H and O–H groups in total. The molecular formula is C28H22IrN-. The number of hydrogen-bond donors (Lipinski definition) is 0. The molecule has 0 saturated heterocycles. The Morgan fingerprint density at radius 2 is 1.60 bits per heavy atom. The van der Waals surface area contributed by atoms with Gasteiger partial charge in [0.25, 0.3) is 0 Å². The molecule has 1 aromatic heterocycles. The summed E-state index contributed by atoms with van der Waals surface area (Å²) in [6.45, 7) is 3.80. The van der Waals surface area contributed by atoms with Crippen LogP contribution in [0.2, 0.25) is 0 Å². The molecule has 5 aromatic rings. The predicted molar refractivity (Wildman–Crippen MR) is 123 cm³/mol. The Labute approximate surface area is 192 Å². The van der Waals surface area contributed by atoms with E-state index in [0.717, 1.165) is 16.8 Å². The van der Waals surface area contributed by atoms with Gasteiger partial charge < -0.3 is 4.98 Å². The summed E-state index contributed by atoms with van der Waals surface area (Å²) in [4.78, 5) is 4.58. The number of rotatable bonds is 3. The summed E-state index contributed by atoms with van der Waals surface area (Å²) >= 11 is 0. The number of hydrogen-bond acceptors (Lipinski definition) is 1. The monoisotopic (exact) mass is 566 g/mol. The summed E-state index contributed by atoms with van der Waals surface area (Å²) in [6, 6.07) is 32.9. The van der Waals surface area contributed by atoms with Crippen molar-refractivity contribution in [3.05, 3.63) is 103 Å². The molecule has 1 radical (unpaired) electrons. The van der Waals surface area contributed by atoms with E-state index in [2.05, 4.69) is 77.8 Å². The molecule has 1 nitrogen and oxygen atoms in total. The van der Waals surface area contributed by atoms with E-state index in [-0.39, 0.29) is 20.1 Å². The minimum absolute atomic E-state index is 0. The first-order chi connectivity index (χ1) is 14.5. The van der Waals surface area contributed by atoms with Crippen LogP contribution in [0, 0.1) is 6.07 Å². The summed E-state index contributed by atoms with van der Waals surface area (Å²) in [5.41, 5.74) is 5.14. The molecule has 30 heavy (non-hydrogen) atoms. The van der Waals surface area contributed by atoms with Crippen molar-refractivity contribution >= 4 is 21.5 Å². The van der Waals surface area contributed by atoms with Crippen molar-refractivity contribution in [1.82, 2.24) is 4.98 Å². The fraction of sp³-hybridized carbons (Fsp3) is 0.107. The Bertz CT molecular complexity index is 1370. The van der Waals surface area contributed by atoms with E-state index in [1.807, 2.05) is 32.0 Å². The molecule has 0 amide bonds. The number of aromatic nitrogens is 1. The molecule has 0 fully saturated rings. The van der Waals surface area contributed by atoms with Crippen molar-refractivity contribution in [3.63, 3.8) is 0 Å². The van der Waals surface area contributed by atoms with Crippen LogP contribution in [-0.2, 0) is 20.1 Å². The van der Waals surface area contributed by atoms with Gasteiger partial charge in [0.15, 0.2) is 0 Å². The first-order valence-corrected chi connectivity index (χ1v) is 9.90. The van der Waals surface area contributed by atoms with Gasteiger partial charge in [-0.25, -0.2) is 0 Å². The Kier molecular flexibility index (Phi) is 5.44. The van der Waals surface area contributed by atoms with Crippen LogP contribution in [-0.4, -0.2) is 4.98 Å². The molecule has 0 unspecified atom stereocenters. The van der Waals surface area contributed by atoms with E-state index in [9.17, 15) is 0 Å². The second-order valence-electron chi connectivity index (χ2n) is 7.62. The average molecular weight is 566 g/mol. The summed E-state index contributed by atoms with van der Waals surface area (Å²) in [5.74, 6) is -0.667. The van der Waals surface area contributed by atoms with E-state index in [1.165, 1.54) is 32.7 Å². The summed E-state index contributed by atoms with van der Waals surface area (Å²) < 4.78 is 8.36. The number of nitrogens with zero attached hydrogens (tertiary/aromatic N) is 1. The second kappa shape index (κ2) is 8.52. The van der Waals surface area contributed by atoms with Gasteiger partial charge in [0.05, 0.1) is 0 Å². The Hall–Kier alpha value is -2.80. The molecule has 0 aliphatic rings. The van der Waals surface area contributed by atoms with Crippen molar-refractivity contribution < 1.29 is 21.5 Å². The number of fused-ring (bicyclic) bond motifs is 3. The number of benzene rings is 4. The van der Waals surface area contributed by atoms with E-state index >= 15 is 0 Å². The van der Waals surface area contributed by atoms with Gasteiger partial charge in [-0.15, -0.1) is 23.8 Å². The van der Waals surface area contributed by atoms with E-state index in [0.29, 0.717) is 0 Å². The normalized spacial score (nSPS) is 11.9. The molecule has 0 bridgehead atoms. The molecule has 0 spiro atoms. The first kappa shape index (κ1) is 19.2. The van der Waals surface area contributed by atoms with Gasteiger partial charge >= 0.3 is 0 Å². The standard InChI is InChI=1S/C28H22N.Ir/c1-19(2)21-14-15-29-28(18-21)23-12-13-25-24-11-7-6-10-22(24)16-26(27(25)17-23)20-8-4-3-5-9-20;/h3-11,13-19H,1-2H3;/q-1;/i19D;. The van der Waals surface area contributed by atoms with Gasteiger partial charge in [-0.2, -0.15) is 0 Å². The molecule has 1 heterocycles. The minimum Gasteiger partial charge on any atom is -0.305 e. The van der Waals surface area contributed by atoms with Crippen molar-refractivity contribution in [1.29, 1.82) is 0 Å². The fourth-order valence-corrected chi connectivity index (χ4v) is 3.93. The Morgan fingerprint density at radius 3 is 2.40 bits per heavy atom. The molecular weight excluding hydrogens is 543 g/mol. The molecule has 0 atom stereocenters. The van der Waals surface area contributed by atoms with Gasteiger partial charge in [-0.1, -0.05) is 96.2 Å². The smallest absolute Gasteiger partial charge is 0.0346 e. The van der Waals surface area contributed by atoms with Crippen LogP contribution in [0.5, 0.6) is 0 Å². The van der Waals surface area contributed by atoms with Gasteiger partial charge in [0.2, 0.25) is 0 Å². The maximum absolute atomic E-state index is 8.36. The number of pyridine rings is 1. The summed E-state index contributed by atoms with van der Waals surface area (Å²) in [7, 11) is 0. The van der Waals surface area contributed by atoms with E-state index < -0.39 is 5.89 Å². The second-order valence-corrected chi connectivity index (χ2v) is 7.62. The molecule has 0 saturated carbocycles. The third kappa shape index (κ3) is 3.69. The Morgan fingerprint density at radius 1 is 0.833 bits per heavy atom. The average Bonchev–Trinajstić information content (AvgIpc) is 2.78. The third-order valence-corrected chi connectivity index (χ3v) is 5.49. The van der Waals surface area contributed by atoms with Crippen molar-refractivity contribution in [2.75, 3.05) is 0 Å². The van der Waals surface area contributed by atoms with Crippen molar-refractivity contribution in [2.45, 2.75) is 19.7 Å². The predicted octanol–water partition coefficient (Wildman–Crippen LogP) is 7.64. The minimum atomic E-state index is -0.667. The van der Waals surface area contributed by atoms with Gasteiger partial charge in [-0.3, -0.25) is 0 Å². The Balaban J connectivity index is 0.00000231. The summed E-state index contributed by atoms with van der Waals surface area (Å²) in [6.07, 6.45) is 1.79. The maximum Gasteiger partial charge on any atom is 0.0346 e. The van der Waals surface area contributed by atoms with Crippen LogP contribution in [0.15, 0.2) is 91.1 Å². The van der Waals surface area contributed by atoms with Gasteiger partial charge in [0.1, 0.15) is 0 Å². The van der Waals surface area contributed by atoms with Crippen LogP contribution >= 0.6 is 0 Å². The van der Waals surface area contributed by atoms with Crippen LogP contribution in [0.4, 0.5) is 0 Å². The van der Waals surface area contributed by atoms with Crippen LogP contribution in [0.25, 0.3) is 43.9 Å². The zero-order valence-electron chi connectivity index (χ0n) is 17.9. The molecule has 2 heteroatoms. The molecule has 149 valence electrons. The largest absolute Gasteiger partial charge is 0.305 e. The molecule has 5 rings (SSSR count). The van der Waals surface area contributed by atoms with E-state index in [4.69, 9.17) is 1.37 Å². The zero-order valence-corrected chi connectivity index (χ0v) is 19.3. The fourth-order valence-electron chi connectivity index (χ4n) is 3.93. The quantitative estimate of drug-likeness (QED) is 0.162. The van der Waals surface area contributed by atoms with Gasteiger partial charge in [-0.05, 0) is 40.2 Å². The van der Waals surface area contributed by atoms with E-state index in [1.54, 1.807) is 6.20 Å². The third-order valence-electron chi connectivity index (χ3n) is 5.49. The first-order valence-electron chi connectivity index (χ1n) is 10.4. The molecule has 0 aliphatic heterocycles. The topological polar surface area (TPSA) is 12.9 Å². The van der Waals surface area contributed by atoms with Crippen molar-refractivity contribution in [3.8, 4) is 22.4 Å².